The third-order valence-corrected chi connectivity index (χ3v) is 3.87. The lowest BCUT2D eigenvalue weighted by Gasteiger charge is -2.26. The minimum absolute atomic E-state index is 0.0520. The summed E-state index contributed by atoms with van der Waals surface area (Å²) in [6, 6.07) is 4.31. The number of ether oxygens (including phenoxy) is 1. The fraction of sp³-hybridized carbons (Fsp3) is 0.357. The number of H-pyrrole nitrogens is 1. The molecule has 1 aliphatic heterocycles. The lowest BCUT2D eigenvalue weighted by Crippen LogP contribution is -2.46. The van der Waals surface area contributed by atoms with Gasteiger partial charge < -0.3 is 14.8 Å². The van der Waals surface area contributed by atoms with Crippen LogP contribution in [0.3, 0.4) is 0 Å². The number of carbonyl (C=O) groups is 1. The molecular weight excluding hydrogens is 276 g/mol. The maximum absolute atomic E-state index is 12.2. The lowest BCUT2D eigenvalue weighted by atomic mass is 10.0. The van der Waals surface area contributed by atoms with Gasteiger partial charge in [-0.05, 0) is 31.5 Å². The molecule has 21 heavy (non-hydrogen) atoms. The number of carboxylic acid groups (broad SMARTS) is 1. The predicted molar refractivity (Wildman–Crippen MR) is 74.9 cm³/mol. The molecule has 7 heteroatoms. The average Bonchev–Trinajstić information content (AvgIpc) is 2.87. The fourth-order valence-corrected chi connectivity index (χ4v) is 2.72. The Bertz CT molecular complexity index is 843. The van der Waals surface area contributed by atoms with Crippen molar-refractivity contribution in [2.24, 2.45) is 0 Å². The van der Waals surface area contributed by atoms with Gasteiger partial charge in [-0.15, -0.1) is 0 Å². The number of fused-ring (bicyclic) bond motifs is 1. The van der Waals surface area contributed by atoms with E-state index in [1.807, 2.05) is 6.92 Å². The van der Waals surface area contributed by atoms with Crippen molar-refractivity contribution >= 4 is 17.0 Å². The van der Waals surface area contributed by atoms with E-state index in [0.29, 0.717) is 30.7 Å². The number of carboxylic acids is 1. The number of hydrogen-bond donors (Lipinski definition) is 2. The van der Waals surface area contributed by atoms with Crippen molar-refractivity contribution in [3.8, 4) is 0 Å². The van der Waals surface area contributed by atoms with Crippen molar-refractivity contribution in [1.29, 1.82) is 0 Å². The van der Waals surface area contributed by atoms with Gasteiger partial charge in [0, 0.05) is 6.61 Å². The molecule has 1 aromatic carbocycles. The maximum atomic E-state index is 12.2. The summed E-state index contributed by atoms with van der Waals surface area (Å²) >= 11 is 0. The van der Waals surface area contributed by atoms with Crippen LogP contribution in [0.2, 0.25) is 0 Å². The predicted octanol–water partition coefficient (Wildman–Crippen LogP) is 0.523. The van der Waals surface area contributed by atoms with Gasteiger partial charge in [-0.3, -0.25) is 14.2 Å². The third kappa shape index (κ3) is 2.06. The first kappa shape index (κ1) is 13.6. The molecule has 1 saturated heterocycles. The van der Waals surface area contributed by atoms with Crippen LogP contribution < -0.4 is 11.1 Å². The number of nitrogens with zero attached hydrogens (tertiary/aromatic N) is 1. The molecule has 0 amide bonds. The maximum Gasteiger partial charge on any atom is 0.335 e. The van der Waals surface area contributed by atoms with E-state index in [2.05, 4.69) is 4.98 Å². The second kappa shape index (κ2) is 4.56. The van der Waals surface area contributed by atoms with Crippen LogP contribution in [0.1, 0.15) is 23.7 Å². The zero-order chi connectivity index (χ0) is 15.2. The summed E-state index contributed by atoms with van der Waals surface area (Å²) < 4.78 is 6.77. The van der Waals surface area contributed by atoms with Crippen molar-refractivity contribution in [1.82, 2.24) is 9.55 Å². The fourth-order valence-electron chi connectivity index (χ4n) is 2.72. The number of rotatable bonds is 2. The van der Waals surface area contributed by atoms with E-state index in [1.54, 1.807) is 6.07 Å². The van der Waals surface area contributed by atoms with Crippen molar-refractivity contribution in [2.75, 3.05) is 13.2 Å². The van der Waals surface area contributed by atoms with Gasteiger partial charge in [-0.2, -0.15) is 0 Å². The van der Waals surface area contributed by atoms with Crippen LogP contribution in [0.5, 0.6) is 0 Å². The van der Waals surface area contributed by atoms with Gasteiger partial charge in [-0.1, -0.05) is 0 Å². The molecule has 0 aliphatic carbocycles. The first-order chi connectivity index (χ1) is 9.92. The van der Waals surface area contributed by atoms with Crippen LogP contribution in [-0.2, 0) is 10.3 Å². The molecular formula is C14H14N2O5. The average molecular weight is 290 g/mol. The standard InChI is InChI=1S/C14H14N2O5/c1-14(4-5-21-7-14)16-10-3-2-8(13(19)20)6-9(10)15-11(17)12(16)18/h2-3,6H,4-5,7H2,1H3,(H,15,17)(H,19,20). The SMILES string of the molecule is CC1(n2c(=O)c(=O)[nH]c3cc(C(=O)O)ccc32)CCOC1. The Hall–Kier alpha value is -2.41. The Morgan fingerprint density at radius 3 is 2.81 bits per heavy atom. The van der Waals surface area contributed by atoms with Crippen LogP contribution in [0, 0.1) is 0 Å². The van der Waals surface area contributed by atoms with Crippen LogP contribution >= 0.6 is 0 Å². The largest absolute Gasteiger partial charge is 0.478 e. The summed E-state index contributed by atoms with van der Waals surface area (Å²) in [6.07, 6.45) is 0.617. The number of hydrogen-bond acceptors (Lipinski definition) is 4. The highest BCUT2D eigenvalue weighted by molar-refractivity contribution is 5.92. The van der Waals surface area contributed by atoms with Crippen LogP contribution in [0.15, 0.2) is 27.8 Å². The molecule has 1 atom stereocenters. The van der Waals surface area contributed by atoms with Gasteiger partial charge in [0.15, 0.2) is 0 Å². The zero-order valence-corrected chi connectivity index (χ0v) is 11.4. The Labute approximate surface area is 118 Å². The topological polar surface area (TPSA) is 101 Å². The number of aromatic nitrogens is 2. The first-order valence-electron chi connectivity index (χ1n) is 6.53. The van der Waals surface area contributed by atoms with Crippen molar-refractivity contribution in [3.05, 3.63) is 44.5 Å². The van der Waals surface area contributed by atoms with Crippen LogP contribution in [0.4, 0.5) is 0 Å². The van der Waals surface area contributed by atoms with Gasteiger partial charge in [-0.25, -0.2) is 4.79 Å². The van der Waals surface area contributed by atoms with Crippen LogP contribution in [0.25, 0.3) is 11.0 Å². The summed E-state index contributed by atoms with van der Waals surface area (Å²) in [7, 11) is 0. The summed E-state index contributed by atoms with van der Waals surface area (Å²) in [6.45, 7) is 2.71. The van der Waals surface area contributed by atoms with Gasteiger partial charge in [0.05, 0.1) is 28.7 Å². The highest BCUT2D eigenvalue weighted by Crippen LogP contribution is 2.28. The molecule has 110 valence electrons. The molecule has 2 N–H and O–H groups in total. The molecule has 2 heterocycles. The van der Waals surface area contributed by atoms with Gasteiger partial charge in [0.25, 0.3) is 0 Å². The van der Waals surface area contributed by atoms with Gasteiger partial charge in [0.2, 0.25) is 0 Å². The van der Waals surface area contributed by atoms with Gasteiger partial charge in [0.1, 0.15) is 0 Å². The molecule has 0 bridgehead atoms. The second-order valence-corrected chi connectivity index (χ2v) is 5.43. The number of benzene rings is 1. The highest BCUT2D eigenvalue weighted by atomic mass is 16.5. The minimum Gasteiger partial charge on any atom is -0.478 e. The van der Waals surface area contributed by atoms with Crippen molar-refractivity contribution in [2.45, 2.75) is 18.9 Å². The monoisotopic (exact) mass is 290 g/mol. The Morgan fingerprint density at radius 1 is 1.43 bits per heavy atom. The molecule has 1 fully saturated rings. The van der Waals surface area contributed by atoms with E-state index >= 15 is 0 Å². The molecule has 0 radical (unpaired) electrons. The van der Waals surface area contributed by atoms with E-state index in [-0.39, 0.29) is 5.56 Å². The number of nitrogens with one attached hydrogen (secondary N) is 1. The summed E-state index contributed by atoms with van der Waals surface area (Å²) in [5.41, 5.74) is -1.15. The van der Waals surface area contributed by atoms with Gasteiger partial charge >= 0.3 is 17.1 Å². The summed E-state index contributed by atoms with van der Waals surface area (Å²) in [5.74, 6) is -1.09. The summed E-state index contributed by atoms with van der Waals surface area (Å²) in [4.78, 5) is 37.6. The van der Waals surface area contributed by atoms with Crippen LogP contribution in [-0.4, -0.2) is 33.8 Å². The molecule has 1 unspecified atom stereocenters. The quantitative estimate of drug-likeness (QED) is 0.785. The number of aromatic carboxylic acids is 1. The highest BCUT2D eigenvalue weighted by Gasteiger charge is 2.34. The van der Waals surface area contributed by atoms with Crippen molar-refractivity contribution < 1.29 is 14.6 Å². The molecule has 1 aliphatic rings. The molecule has 0 saturated carbocycles. The van der Waals surface area contributed by atoms with Crippen molar-refractivity contribution in [3.63, 3.8) is 0 Å². The third-order valence-electron chi connectivity index (χ3n) is 3.87. The Balaban J connectivity index is 2.37. The van der Waals surface area contributed by atoms with E-state index < -0.39 is 22.6 Å². The molecule has 3 rings (SSSR count). The van der Waals surface area contributed by atoms with E-state index in [4.69, 9.17) is 9.84 Å². The molecule has 1 aromatic heterocycles. The Morgan fingerprint density at radius 2 is 2.19 bits per heavy atom. The smallest absolute Gasteiger partial charge is 0.335 e. The van der Waals surface area contributed by atoms with E-state index in [1.165, 1.54) is 16.7 Å². The van der Waals surface area contributed by atoms with E-state index in [0.717, 1.165) is 0 Å². The lowest BCUT2D eigenvalue weighted by molar-refractivity contribution is 0.0697. The van der Waals surface area contributed by atoms with E-state index in [9.17, 15) is 14.4 Å². The number of aromatic amines is 1. The second-order valence-electron chi connectivity index (χ2n) is 5.43. The molecule has 2 aromatic rings. The normalized spacial score (nSPS) is 21.8. The Kier molecular flexibility index (Phi) is 2.94. The zero-order valence-electron chi connectivity index (χ0n) is 11.4. The molecule has 0 spiro atoms. The summed E-state index contributed by atoms with van der Waals surface area (Å²) in [5, 5.41) is 9.02. The molecule has 7 nitrogen and oxygen atoms in total. The first-order valence-corrected chi connectivity index (χ1v) is 6.53. The minimum atomic E-state index is -1.09.